The maximum Gasteiger partial charge on any atom is 0.306 e. The van der Waals surface area contributed by atoms with Crippen molar-refractivity contribution >= 4 is 17.9 Å². The summed E-state index contributed by atoms with van der Waals surface area (Å²) in [7, 11) is 5.38. The number of carboxylic acid groups (broad SMARTS) is 1. The van der Waals surface area contributed by atoms with Crippen molar-refractivity contribution in [2.45, 2.75) is 180 Å². The first kappa shape index (κ1) is 57.2. The van der Waals surface area contributed by atoms with Crippen molar-refractivity contribution in [2.75, 3.05) is 41.0 Å². The van der Waals surface area contributed by atoms with Crippen LogP contribution in [-0.4, -0.2) is 75.5 Å². The Labute approximate surface area is 373 Å². The van der Waals surface area contributed by atoms with E-state index in [9.17, 15) is 19.5 Å². The molecule has 0 aromatic carbocycles. The third kappa shape index (κ3) is 41.4. The molecule has 0 radical (unpaired) electrons. The van der Waals surface area contributed by atoms with E-state index in [1.54, 1.807) is 21.1 Å². The molecule has 346 valence electrons. The number of carbonyl (C=O) groups is 3. The average molecular weight is 850 g/mol. The van der Waals surface area contributed by atoms with Gasteiger partial charge >= 0.3 is 11.9 Å². The fourth-order valence-electron chi connectivity index (χ4n) is 6.29. The van der Waals surface area contributed by atoms with Crippen LogP contribution in [0, 0.1) is 0 Å². The number of hydrogen-bond acceptors (Lipinski definition) is 7. The average Bonchev–Trinajstić information content (AvgIpc) is 3.22. The minimum atomic E-state index is -1.14. The Morgan fingerprint density at radius 3 is 1.41 bits per heavy atom. The van der Waals surface area contributed by atoms with Gasteiger partial charge in [-0.1, -0.05) is 156 Å². The van der Waals surface area contributed by atoms with E-state index >= 15 is 0 Å². The number of carboxylic acids is 1. The molecule has 8 heteroatoms. The van der Waals surface area contributed by atoms with Crippen molar-refractivity contribution in [1.82, 2.24) is 0 Å². The van der Waals surface area contributed by atoms with Crippen molar-refractivity contribution in [3.05, 3.63) is 97.2 Å². The van der Waals surface area contributed by atoms with Crippen LogP contribution in [0.5, 0.6) is 0 Å². The third-order valence-corrected chi connectivity index (χ3v) is 9.95. The van der Waals surface area contributed by atoms with Crippen LogP contribution in [0.1, 0.15) is 168 Å². The molecular formula is C53H87NO7. The summed E-state index contributed by atoms with van der Waals surface area (Å²) in [6.07, 6.45) is 57.2. The lowest BCUT2D eigenvalue weighted by atomic mass is 10.1. The Bertz CT molecular complexity index is 1310. The van der Waals surface area contributed by atoms with E-state index in [1.165, 1.54) is 44.9 Å². The first-order valence-corrected chi connectivity index (χ1v) is 23.8. The minimum absolute atomic E-state index is 0.0133. The summed E-state index contributed by atoms with van der Waals surface area (Å²) in [4.78, 5) is 36.9. The van der Waals surface area contributed by atoms with Crippen LogP contribution in [0.15, 0.2) is 97.2 Å². The molecule has 0 aromatic heterocycles. The number of quaternary nitrogens is 1. The highest BCUT2D eigenvalue weighted by Crippen LogP contribution is 2.13. The quantitative estimate of drug-likeness (QED) is 0.0261. The van der Waals surface area contributed by atoms with Crippen LogP contribution in [0.25, 0.3) is 0 Å². The van der Waals surface area contributed by atoms with Crippen LogP contribution in [0.4, 0.5) is 0 Å². The second-order valence-corrected chi connectivity index (χ2v) is 16.6. The summed E-state index contributed by atoms with van der Waals surface area (Å²) in [6, 6.07) is -0.741. The largest absolute Gasteiger partial charge is 0.544 e. The van der Waals surface area contributed by atoms with Gasteiger partial charge < -0.3 is 28.6 Å². The Morgan fingerprint density at radius 1 is 0.508 bits per heavy atom. The van der Waals surface area contributed by atoms with E-state index < -0.39 is 18.1 Å². The summed E-state index contributed by atoms with van der Waals surface area (Å²) in [5.74, 6) is -1.83. The van der Waals surface area contributed by atoms with Gasteiger partial charge in [-0.05, 0) is 89.9 Å². The molecule has 0 N–H and O–H groups in total. The van der Waals surface area contributed by atoms with Crippen molar-refractivity contribution in [2.24, 2.45) is 0 Å². The van der Waals surface area contributed by atoms with Crippen LogP contribution in [0.2, 0.25) is 0 Å². The topological polar surface area (TPSA) is 102 Å². The van der Waals surface area contributed by atoms with Gasteiger partial charge in [-0.2, -0.15) is 0 Å². The highest BCUT2D eigenvalue weighted by atomic mass is 16.6. The number of ether oxygens (including phenoxy) is 3. The van der Waals surface area contributed by atoms with Gasteiger partial charge in [0.25, 0.3) is 0 Å². The molecule has 2 atom stereocenters. The zero-order valence-corrected chi connectivity index (χ0v) is 39.3. The van der Waals surface area contributed by atoms with Gasteiger partial charge in [0.15, 0.2) is 6.10 Å². The van der Waals surface area contributed by atoms with E-state index in [0.717, 1.165) is 83.5 Å². The second kappa shape index (κ2) is 42.9. The van der Waals surface area contributed by atoms with Crippen molar-refractivity contribution < 1.29 is 38.2 Å². The van der Waals surface area contributed by atoms with Gasteiger partial charge in [0.1, 0.15) is 12.6 Å². The molecule has 0 rings (SSSR count). The Hall–Kier alpha value is -3.75. The van der Waals surface area contributed by atoms with Gasteiger partial charge in [0.2, 0.25) is 0 Å². The summed E-state index contributed by atoms with van der Waals surface area (Å²) < 4.78 is 17.1. The van der Waals surface area contributed by atoms with Crippen LogP contribution < -0.4 is 5.11 Å². The summed E-state index contributed by atoms with van der Waals surface area (Å²) in [6.45, 7) is 4.44. The van der Waals surface area contributed by atoms with Crippen LogP contribution in [-0.2, 0) is 28.6 Å². The number of rotatable bonds is 41. The van der Waals surface area contributed by atoms with E-state index in [0.29, 0.717) is 12.8 Å². The Kier molecular flexibility index (Phi) is 40.3. The molecule has 0 spiro atoms. The maximum absolute atomic E-state index is 12.7. The summed E-state index contributed by atoms with van der Waals surface area (Å²) in [5, 5.41) is 11.6. The van der Waals surface area contributed by atoms with Crippen molar-refractivity contribution in [3.63, 3.8) is 0 Å². The lowest BCUT2D eigenvalue weighted by Crippen LogP contribution is -2.55. The number of unbranched alkanes of at least 4 members (excludes halogenated alkanes) is 11. The number of aliphatic carboxylic acids is 1. The number of esters is 2. The molecule has 8 nitrogen and oxygen atoms in total. The molecular weight excluding hydrogens is 763 g/mol. The molecule has 2 unspecified atom stereocenters. The molecule has 0 aliphatic rings. The Balaban J connectivity index is 4.44. The smallest absolute Gasteiger partial charge is 0.306 e. The van der Waals surface area contributed by atoms with E-state index in [2.05, 4.69) is 111 Å². The predicted octanol–water partition coefficient (Wildman–Crippen LogP) is 12.1. The molecule has 0 aromatic rings. The molecule has 0 aliphatic carbocycles. The van der Waals surface area contributed by atoms with Crippen LogP contribution >= 0.6 is 0 Å². The summed E-state index contributed by atoms with van der Waals surface area (Å²) in [5.41, 5.74) is 0. The Morgan fingerprint density at radius 2 is 0.934 bits per heavy atom. The van der Waals surface area contributed by atoms with Gasteiger partial charge in [0.05, 0.1) is 40.3 Å². The van der Waals surface area contributed by atoms with E-state index in [1.807, 2.05) is 0 Å². The lowest BCUT2D eigenvalue weighted by molar-refractivity contribution is -0.889. The van der Waals surface area contributed by atoms with Gasteiger partial charge in [-0.25, -0.2) is 0 Å². The molecule has 0 amide bonds. The number of likely N-dealkylation sites (N-methyl/N-ethyl adjacent to an activating group) is 1. The number of carbonyl (C=O) groups excluding carboxylic acids is 3. The molecule has 0 fully saturated rings. The fourth-order valence-corrected chi connectivity index (χ4v) is 6.29. The van der Waals surface area contributed by atoms with Gasteiger partial charge in [-0.3, -0.25) is 9.59 Å². The number of nitrogens with zero attached hydrogens (tertiary/aromatic N) is 1. The van der Waals surface area contributed by atoms with Gasteiger partial charge in [0, 0.05) is 19.3 Å². The number of hydrogen-bond donors (Lipinski definition) is 0. The summed E-state index contributed by atoms with van der Waals surface area (Å²) >= 11 is 0. The maximum atomic E-state index is 12.7. The SMILES string of the molecule is CC/C=C/C/C=C/C/C=C/C/C=C/C/C=C/C/C=C/CCCC(=O)OCC(COCCC(C(=O)[O-])[N+](C)(C)C)OC(=O)CCCCCCCCC/C=C/C/C=C/CCCCC. The molecule has 0 aliphatic heterocycles. The van der Waals surface area contributed by atoms with Crippen molar-refractivity contribution in [1.29, 1.82) is 0 Å². The highest BCUT2D eigenvalue weighted by molar-refractivity contribution is 5.70. The zero-order valence-electron chi connectivity index (χ0n) is 39.3. The highest BCUT2D eigenvalue weighted by Gasteiger charge is 2.25. The lowest BCUT2D eigenvalue weighted by Gasteiger charge is -2.34. The number of allylic oxidation sites excluding steroid dienone is 16. The first-order chi connectivity index (χ1) is 29.6. The molecule has 61 heavy (non-hydrogen) atoms. The van der Waals surface area contributed by atoms with E-state index in [4.69, 9.17) is 14.2 Å². The predicted molar refractivity (Wildman–Crippen MR) is 254 cm³/mol. The first-order valence-electron chi connectivity index (χ1n) is 23.8. The molecule has 0 saturated carbocycles. The third-order valence-electron chi connectivity index (χ3n) is 9.95. The van der Waals surface area contributed by atoms with Gasteiger partial charge in [-0.15, -0.1) is 0 Å². The molecule has 0 saturated heterocycles. The zero-order chi connectivity index (χ0) is 44.9. The minimum Gasteiger partial charge on any atom is -0.544 e. The normalized spacial score (nSPS) is 13.8. The van der Waals surface area contributed by atoms with Crippen molar-refractivity contribution in [3.8, 4) is 0 Å². The molecule has 0 heterocycles. The van der Waals surface area contributed by atoms with E-state index in [-0.39, 0.29) is 49.1 Å². The monoisotopic (exact) mass is 850 g/mol. The van der Waals surface area contributed by atoms with Crippen LogP contribution in [0.3, 0.4) is 0 Å². The standard InChI is InChI=1S/C53H87NO7/c1-6-8-10-12-14-16-18-20-22-24-25-26-28-29-31-33-35-37-39-41-43-51(55)60-48-49(47-59-46-45-50(53(57)58)54(3,4)5)61-52(56)44-42-40-38-36-34-32-30-27-23-21-19-17-15-13-11-9-7-2/h8,10,14-17,20-23,25-26,29,31,35,37,49-50H,6-7,9,11-13,18-19,24,27-28,30,32-34,36,38-48H2,1-5H3/b10-8+,16-14+,17-15+,22-20+,23-21+,26-25+,31-29+,37-35+. The molecule has 0 bridgehead atoms. The second-order valence-electron chi connectivity index (χ2n) is 16.6. The fraction of sp³-hybridized carbons (Fsp3) is 0.642.